The van der Waals surface area contributed by atoms with Gasteiger partial charge in [-0.1, -0.05) is 23.4 Å². The third-order valence-electron chi connectivity index (χ3n) is 3.84. The highest BCUT2D eigenvalue weighted by Gasteiger charge is 2.06. The zero-order valence-electron chi connectivity index (χ0n) is 12.7. The summed E-state index contributed by atoms with van der Waals surface area (Å²) in [6, 6.07) is 10.6. The van der Waals surface area contributed by atoms with E-state index < -0.39 is 0 Å². The minimum Gasteiger partial charge on any atom is -0.508 e. The van der Waals surface area contributed by atoms with E-state index in [1.54, 1.807) is 5.19 Å². The van der Waals surface area contributed by atoms with Crippen LogP contribution in [0.3, 0.4) is 0 Å². The molecular formula is C17H22OSSi. The molecule has 3 heteroatoms. The summed E-state index contributed by atoms with van der Waals surface area (Å²) in [5, 5.41) is 12.5. The van der Waals surface area contributed by atoms with Crippen molar-refractivity contribution >= 4 is 26.5 Å². The third-order valence-corrected chi connectivity index (χ3v) is 7.53. The quantitative estimate of drug-likeness (QED) is 0.691. The number of benzene rings is 2. The SMILES string of the molecule is Cc1cc(SC[SiH2]c2cccc(C)c2C)c(C)cc1O. The van der Waals surface area contributed by atoms with E-state index in [2.05, 4.69) is 45.0 Å². The summed E-state index contributed by atoms with van der Waals surface area (Å²) < 4.78 is 0. The Kier molecular flexibility index (Phi) is 4.94. The number of aryl methyl sites for hydroxylation is 3. The van der Waals surface area contributed by atoms with Crippen molar-refractivity contribution in [3.05, 3.63) is 52.6 Å². The number of hydrogen-bond donors (Lipinski definition) is 1. The molecule has 2 aromatic carbocycles. The number of hydrogen-bond acceptors (Lipinski definition) is 2. The van der Waals surface area contributed by atoms with Gasteiger partial charge in [-0.05, 0) is 67.5 Å². The van der Waals surface area contributed by atoms with E-state index >= 15 is 0 Å². The predicted octanol–water partition coefficient (Wildman–Crippen LogP) is 3.17. The summed E-state index contributed by atoms with van der Waals surface area (Å²) in [5.41, 5.74) is 5.01. The molecule has 0 spiro atoms. The summed E-state index contributed by atoms with van der Waals surface area (Å²) in [6.07, 6.45) is 0. The molecule has 106 valence electrons. The van der Waals surface area contributed by atoms with Crippen molar-refractivity contribution < 1.29 is 5.11 Å². The smallest absolute Gasteiger partial charge is 0.118 e. The predicted molar refractivity (Wildman–Crippen MR) is 92.4 cm³/mol. The van der Waals surface area contributed by atoms with E-state index in [1.807, 2.05) is 24.8 Å². The van der Waals surface area contributed by atoms with Crippen molar-refractivity contribution in [1.82, 2.24) is 0 Å². The van der Waals surface area contributed by atoms with Gasteiger partial charge in [0.15, 0.2) is 0 Å². The maximum absolute atomic E-state index is 9.69. The Morgan fingerprint density at radius 1 is 1.00 bits per heavy atom. The summed E-state index contributed by atoms with van der Waals surface area (Å²) >= 11 is 1.93. The van der Waals surface area contributed by atoms with E-state index in [1.165, 1.54) is 27.0 Å². The highest BCUT2D eigenvalue weighted by Crippen LogP contribution is 2.28. The first-order valence-electron chi connectivity index (χ1n) is 6.97. The molecule has 1 N–H and O–H groups in total. The second-order valence-electron chi connectivity index (χ2n) is 5.36. The summed E-state index contributed by atoms with van der Waals surface area (Å²) in [5.74, 6) is 0.402. The van der Waals surface area contributed by atoms with Crippen molar-refractivity contribution in [2.45, 2.75) is 32.6 Å². The van der Waals surface area contributed by atoms with Crippen LogP contribution in [0.2, 0.25) is 0 Å². The first kappa shape index (κ1) is 15.2. The molecule has 0 saturated carbocycles. The number of phenolic OH excluding ortho intramolecular Hbond substituents is 1. The number of phenols is 1. The third kappa shape index (κ3) is 3.47. The van der Waals surface area contributed by atoms with E-state index in [0.29, 0.717) is 5.75 Å². The molecule has 0 aliphatic rings. The molecule has 0 amide bonds. The highest BCUT2D eigenvalue weighted by molar-refractivity contribution is 8.00. The molecule has 0 atom stereocenters. The second kappa shape index (κ2) is 6.51. The average molecular weight is 303 g/mol. The molecule has 0 unspecified atom stereocenters. The number of thioether (sulfide) groups is 1. The fourth-order valence-corrected chi connectivity index (χ4v) is 5.95. The van der Waals surface area contributed by atoms with Gasteiger partial charge in [0.1, 0.15) is 5.75 Å². The summed E-state index contributed by atoms with van der Waals surface area (Å²) in [7, 11) is -0.243. The van der Waals surface area contributed by atoms with Gasteiger partial charge in [0, 0.05) is 4.90 Å². The monoisotopic (exact) mass is 302 g/mol. The van der Waals surface area contributed by atoms with Crippen molar-refractivity contribution in [3.8, 4) is 5.75 Å². The largest absolute Gasteiger partial charge is 0.508 e. The lowest BCUT2D eigenvalue weighted by Crippen LogP contribution is -2.20. The van der Waals surface area contributed by atoms with Gasteiger partial charge in [-0.25, -0.2) is 0 Å². The van der Waals surface area contributed by atoms with Crippen LogP contribution in [0.4, 0.5) is 0 Å². The van der Waals surface area contributed by atoms with E-state index in [-0.39, 0.29) is 9.52 Å². The van der Waals surface area contributed by atoms with Gasteiger partial charge in [-0.15, -0.1) is 11.8 Å². The Balaban J connectivity index is 2.03. The molecule has 1 nitrogen and oxygen atoms in total. The van der Waals surface area contributed by atoms with Crippen LogP contribution in [-0.2, 0) is 0 Å². The molecule has 0 bridgehead atoms. The lowest BCUT2D eigenvalue weighted by Gasteiger charge is -2.10. The second-order valence-corrected chi connectivity index (χ2v) is 8.98. The molecular weight excluding hydrogens is 280 g/mol. The maximum Gasteiger partial charge on any atom is 0.118 e. The van der Waals surface area contributed by atoms with Crippen molar-refractivity contribution in [1.29, 1.82) is 0 Å². The lowest BCUT2D eigenvalue weighted by atomic mass is 10.1. The van der Waals surface area contributed by atoms with Crippen LogP contribution in [0.5, 0.6) is 5.75 Å². The van der Waals surface area contributed by atoms with Gasteiger partial charge in [0.2, 0.25) is 0 Å². The Bertz CT molecular complexity index is 623. The van der Waals surface area contributed by atoms with E-state index in [4.69, 9.17) is 0 Å². The lowest BCUT2D eigenvalue weighted by molar-refractivity contribution is 0.470. The minimum absolute atomic E-state index is 0.243. The zero-order valence-corrected chi connectivity index (χ0v) is 14.9. The van der Waals surface area contributed by atoms with Crippen LogP contribution < -0.4 is 5.19 Å². The standard InChI is InChI=1S/C17H22OSSi/c1-11-6-5-7-17(14(11)4)20-10-19-16-9-12(2)15(18)8-13(16)3/h5-9,18H,10,20H2,1-4H3. The topological polar surface area (TPSA) is 20.2 Å². The Labute approximate surface area is 128 Å². The van der Waals surface area contributed by atoms with Crippen molar-refractivity contribution in [3.63, 3.8) is 0 Å². The van der Waals surface area contributed by atoms with Gasteiger partial charge in [-0.2, -0.15) is 0 Å². The van der Waals surface area contributed by atoms with Crippen LogP contribution in [-0.4, -0.2) is 20.0 Å². The molecule has 2 rings (SSSR count). The molecule has 2 aromatic rings. The van der Waals surface area contributed by atoms with E-state index in [0.717, 1.165) is 5.56 Å². The Hall–Kier alpha value is -1.19. The average Bonchev–Trinajstić information content (AvgIpc) is 2.40. The van der Waals surface area contributed by atoms with Crippen LogP contribution in [0.25, 0.3) is 0 Å². The fourth-order valence-electron chi connectivity index (χ4n) is 2.28. The zero-order chi connectivity index (χ0) is 14.7. The molecule has 0 aliphatic heterocycles. The van der Waals surface area contributed by atoms with Gasteiger partial charge < -0.3 is 5.11 Å². The molecule has 0 aliphatic carbocycles. The Morgan fingerprint density at radius 2 is 1.75 bits per heavy atom. The van der Waals surface area contributed by atoms with Gasteiger partial charge in [-0.3, -0.25) is 0 Å². The van der Waals surface area contributed by atoms with Crippen LogP contribution in [0.1, 0.15) is 22.3 Å². The molecule has 0 aromatic heterocycles. The van der Waals surface area contributed by atoms with Crippen LogP contribution in [0, 0.1) is 27.7 Å². The maximum atomic E-state index is 9.69. The number of rotatable bonds is 4. The molecule has 0 heterocycles. The first-order chi connectivity index (χ1) is 9.49. The van der Waals surface area contributed by atoms with Crippen molar-refractivity contribution in [2.24, 2.45) is 0 Å². The molecule has 20 heavy (non-hydrogen) atoms. The number of aromatic hydroxyl groups is 1. The van der Waals surface area contributed by atoms with Gasteiger partial charge in [0.05, 0.1) is 9.52 Å². The first-order valence-corrected chi connectivity index (χ1v) is 9.66. The molecule has 0 radical (unpaired) electrons. The highest BCUT2D eigenvalue weighted by atomic mass is 32.2. The fraction of sp³-hybridized carbons (Fsp3) is 0.294. The molecule has 0 fully saturated rings. The van der Waals surface area contributed by atoms with Gasteiger partial charge >= 0.3 is 0 Å². The van der Waals surface area contributed by atoms with Crippen molar-refractivity contribution in [2.75, 3.05) is 5.38 Å². The summed E-state index contributed by atoms with van der Waals surface area (Å²) in [6.45, 7) is 8.45. The summed E-state index contributed by atoms with van der Waals surface area (Å²) in [4.78, 5) is 1.30. The normalized spacial score (nSPS) is 11.4. The van der Waals surface area contributed by atoms with Crippen LogP contribution >= 0.6 is 11.8 Å². The van der Waals surface area contributed by atoms with E-state index in [9.17, 15) is 5.11 Å². The molecule has 0 saturated heterocycles. The van der Waals surface area contributed by atoms with Gasteiger partial charge in [0.25, 0.3) is 0 Å². The Morgan fingerprint density at radius 3 is 2.50 bits per heavy atom. The minimum atomic E-state index is -0.243. The van der Waals surface area contributed by atoms with Crippen LogP contribution in [0.15, 0.2) is 35.2 Å².